The number of nitrogens with one attached hydrogen (secondary N) is 1. The fourth-order valence-electron chi connectivity index (χ4n) is 1.50. The first-order valence-electron chi connectivity index (χ1n) is 5.42. The van der Waals surface area contributed by atoms with Crippen LogP contribution in [0, 0.1) is 11.6 Å². The maximum Gasteiger partial charge on any atom is 0.307 e. The molecule has 4 nitrogen and oxygen atoms in total. The van der Waals surface area contributed by atoms with Gasteiger partial charge in [0.2, 0.25) is 0 Å². The Bertz CT molecular complexity index is 601. The van der Waals surface area contributed by atoms with Crippen LogP contribution in [-0.4, -0.2) is 11.6 Å². The molecule has 19 heavy (non-hydrogen) atoms. The molecule has 2 aromatic rings. The van der Waals surface area contributed by atoms with Crippen LogP contribution in [0.2, 0.25) is 0 Å². The minimum absolute atomic E-state index is 0.0236. The van der Waals surface area contributed by atoms with Crippen LogP contribution in [0.1, 0.15) is 23.0 Å². The third-order valence-corrected chi connectivity index (χ3v) is 2.39. The lowest BCUT2D eigenvalue weighted by atomic mass is 10.1. The van der Waals surface area contributed by atoms with Crippen molar-refractivity contribution in [2.24, 2.45) is 5.10 Å². The van der Waals surface area contributed by atoms with Gasteiger partial charge < -0.3 is 4.42 Å². The number of halogens is 2. The molecule has 1 amide bonds. The second-order valence-corrected chi connectivity index (χ2v) is 3.71. The van der Waals surface area contributed by atoms with E-state index >= 15 is 0 Å². The van der Waals surface area contributed by atoms with Crippen LogP contribution in [0.3, 0.4) is 0 Å². The second kappa shape index (κ2) is 5.43. The molecule has 0 fully saturated rings. The molecule has 0 radical (unpaired) electrons. The van der Waals surface area contributed by atoms with Crippen LogP contribution in [0.4, 0.5) is 8.78 Å². The molecule has 98 valence electrons. The molecule has 2 rings (SSSR count). The number of hydrogen-bond donors (Lipinski definition) is 1. The van der Waals surface area contributed by atoms with Gasteiger partial charge in [-0.2, -0.15) is 5.10 Å². The van der Waals surface area contributed by atoms with Gasteiger partial charge in [0.1, 0.15) is 11.6 Å². The van der Waals surface area contributed by atoms with Crippen molar-refractivity contribution in [1.82, 2.24) is 5.43 Å². The van der Waals surface area contributed by atoms with Gasteiger partial charge in [0.25, 0.3) is 0 Å². The molecule has 6 heteroatoms. The summed E-state index contributed by atoms with van der Waals surface area (Å²) in [7, 11) is 0. The Labute approximate surface area is 107 Å². The summed E-state index contributed by atoms with van der Waals surface area (Å²) in [4.78, 5) is 11.5. The van der Waals surface area contributed by atoms with Crippen molar-refractivity contribution in [1.29, 1.82) is 0 Å². The number of carbonyl (C=O) groups is 1. The molecule has 0 bridgehead atoms. The van der Waals surface area contributed by atoms with Gasteiger partial charge in [-0.3, -0.25) is 4.79 Å². The van der Waals surface area contributed by atoms with E-state index < -0.39 is 17.5 Å². The zero-order valence-corrected chi connectivity index (χ0v) is 9.98. The Balaban J connectivity index is 2.18. The highest BCUT2D eigenvalue weighted by atomic mass is 19.1. The van der Waals surface area contributed by atoms with Crippen LogP contribution in [0.15, 0.2) is 46.1 Å². The highest BCUT2D eigenvalue weighted by molar-refractivity contribution is 6.00. The van der Waals surface area contributed by atoms with Crippen molar-refractivity contribution in [2.45, 2.75) is 6.92 Å². The second-order valence-electron chi connectivity index (χ2n) is 3.71. The summed E-state index contributed by atoms with van der Waals surface area (Å²) in [5, 5.41) is 3.65. The first-order chi connectivity index (χ1) is 9.09. The standard InChI is InChI=1S/C13H10F2N2O2/c1-8(12-9(14)4-2-5-10(12)15)16-17-13(18)11-6-3-7-19-11/h2-7H,1H3,(H,17,18)/b16-8-. The molecular weight excluding hydrogens is 254 g/mol. The minimum atomic E-state index is -0.742. The van der Waals surface area contributed by atoms with Crippen molar-refractivity contribution in [3.63, 3.8) is 0 Å². The van der Waals surface area contributed by atoms with E-state index in [0.717, 1.165) is 12.1 Å². The van der Waals surface area contributed by atoms with Crippen molar-refractivity contribution in [3.8, 4) is 0 Å². The largest absolute Gasteiger partial charge is 0.459 e. The predicted octanol–water partition coefficient (Wildman–Crippen LogP) is 2.71. The van der Waals surface area contributed by atoms with E-state index in [-0.39, 0.29) is 17.0 Å². The first kappa shape index (κ1) is 12.9. The lowest BCUT2D eigenvalue weighted by molar-refractivity contribution is 0.0927. The summed E-state index contributed by atoms with van der Waals surface area (Å²) in [6.45, 7) is 1.39. The molecule has 1 N–H and O–H groups in total. The Morgan fingerprint density at radius 3 is 2.47 bits per heavy atom. The number of nitrogens with zero attached hydrogens (tertiary/aromatic N) is 1. The van der Waals surface area contributed by atoms with E-state index in [9.17, 15) is 13.6 Å². The smallest absolute Gasteiger partial charge is 0.307 e. The normalized spacial score (nSPS) is 11.4. The van der Waals surface area contributed by atoms with E-state index in [2.05, 4.69) is 10.5 Å². The molecule has 0 saturated heterocycles. The number of hydrazone groups is 1. The highest BCUT2D eigenvalue weighted by Crippen LogP contribution is 2.12. The fourth-order valence-corrected chi connectivity index (χ4v) is 1.50. The van der Waals surface area contributed by atoms with Crippen LogP contribution >= 0.6 is 0 Å². The maximum absolute atomic E-state index is 13.4. The molecule has 0 aliphatic rings. The van der Waals surface area contributed by atoms with Crippen molar-refractivity contribution in [2.75, 3.05) is 0 Å². The third-order valence-electron chi connectivity index (χ3n) is 2.39. The number of benzene rings is 1. The van der Waals surface area contributed by atoms with E-state index in [1.54, 1.807) is 6.07 Å². The maximum atomic E-state index is 13.4. The van der Waals surface area contributed by atoms with Gasteiger partial charge in [-0.15, -0.1) is 0 Å². The molecule has 0 spiro atoms. The SMILES string of the molecule is C/C(=N/NC(=O)c1ccco1)c1c(F)cccc1F. The average Bonchev–Trinajstić information content (AvgIpc) is 2.89. The summed E-state index contributed by atoms with van der Waals surface area (Å²) in [6, 6.07) is 6.48. The van der Waals surface area contributed by atoms with Gasteiger partial charge in [-0.25, -0.2) is 14.2 Å². The lowest BCUT2D eigenvalue weighted by Gasteiger charge is -2.04. The van der Waals surface area contributed by atoms with Crippen LogP contribution in [0.5, 0.6) is 0 Å². The summed E-state index contributed by atoms with van der Waals surface area (Å²) in [5.74, 6) is -2.02. The summed E-state index contributed by atoms with van der Waals surface area (Å²) >= 11 is 0. The number of rotatable bonds is 3. The lowest BCUT2D eigenvalue weighted by Crippen LogP contribution is -2.19. The van der Waals surface area contributed by atoms with E-state index in [4.69, 9.17) is 4.42 Å². The summed E-state index contributed by atoms with van der Waals surface area (Å²) < 4.78 is 31.7. The molecule has 1 aromatic heterocycles. The molecule has 0 aliphatic heterocycles. The van der Waals surface area contributed by atoms with Crippen LogP contribution in [0.25, 0.3) is 0 Å². The molecule has 0 atom stereocenters. The molecule has 1 heterocycles. The Hall–Kier alpha value is -2.50. The molecule has 1 aromatic carbocycles. The monoisotopic (exact) mass is 264 g/mol. The van der Waals surface area contributed by atoms with Crippen LogP contribution < -0.4 is 5.43 Å². The van der Waals surface area contributed by atoms with Gasteiger partial charge in [0.15, 0.2) is 5.76 Å². The summed E-state index contributed by atoms with van der Waals surface area (Å²) in [6.07, 6.45) is 1.34. The Morgan fingerprint density at radius 1 is 1.21 bits per heavy atom. The van der Waals surface area contributed by atoms with E-state index in [0.29, 0.717) is 0 Å². The van der Waals surface area contributed by atoms with Crippen molar-refractivity contribution < 1.29 is 18.0 Å². The zero-order chi connectivity index (χ0) is 13.8. The van der Waals surface area contributed by atoms with Crippen LogP contribution in [-0.2, 0) is 0 Å². The van der Waals surface area contributed by atoms with Crippen molar-refractivity contribution in [3.05, 3.63) is 59.6 Å². The highest BCUT2D eigenvalue weighted by Gasteiger charge is 2.12. The molecule has 0 saturated carbocycles. The molecule has 0 aliphatic carbocycles. The number of furan rings is 1. The Morgan fingerprint density at radius 2 is 1.89 bits per heavy atom. The van der Waals surface area contributed by atoms with Gasteiger partial charge in [-0.1, -0.05) is 6.07 Å². The quantitative estimate of drug-likeness (QED) is 0.684. The number of amides is 1. The fraction of sp³-hybridized carbons (Fsp3) is 0.0769. The predicted molar refractivity (Wildman–Crippen MR) is 64.7 cm³/mol. The number of carbonyl (C=O) groups excluding carboxylic acids is 1. The van der Waals surface area contributed by atoms with Gasteiger partial charge in [0.05, 0.1) is 17.5 Å². The zero-order valence-electron chi connectivity index (χ0n) is 9.98. The third kappa shape index (κ3) is 2.85. The number of hydrogen-bond acceptors (Lipinski definition) is 3. The van der Waals surface area contributed by atoms with E-state index in [1.807, 2.05) is 0 Å². The summed E-state index contributed by atoms with van der Waals surface area (Å²) in [5.41, 5.74) is 1.91. The van der Waals surface area contributed by atoms with Gasteiger partial charge >= 0.3 is 5.91 Å². The molecule has 0 unspecified atom stereocenters. The minimum Gasteiger partial charge on any atom is -0.459 e. The van der Waals surface area contributed by atoms with Gasteiger partial charge in [-0.05, 0) is 31.2 Å². The molecular formula is C13H10F2N2O2. The topological polar surface area (TPSA) is 54.6 Å². The first-order valence-corrected chi connectivity index (χ1v) is 5.42. The van der Waals surface area contributed by atoms with Crippen molar-refractivity contribution >= 4 is 11.6 Å². The average molecular weight is 264 g/mol. The van der Waals surface area contributed by atoms with Gasteiger partial charge in [0, 0.05) is 0 Å². The Kier molecular flexibility index (Phi) is 3.70. The van der Waals surface area contributed by atoms with E-state index in [1.165, 1.54) is 25.3 Å².